The summed E-state index contributed by atoms with van der Waals surface area (Å²) in [6.45, 7) is 1.99. The molecule has 25 heavy (non-hydrogen) atoms. The van der Waals surface area contributed by atoms with Crippen LogP contribution in [-0.2, 0) is 20.8 Å². The molecule has 8 nitrogen and oxygen atoms in total. The van der Waals surface area contributed by atoms with Crippen LogP contribution in [0.2, 0.25) is 0 Å². The van der Waals surface area contributed by atoms with E-state index >= 15 is 0 Å². The van der Waals surface area contributed by atoms with Gasteiger partial charge in [-0.2, -0.15) is 0 Å². The molecular weight excluding hydrogens is 326 g/mol. The van der Waals surface area contributed by atoms with Crippen molar-refractivity contribution < 1.29 is 23.5 Å². The van der Waals surface area contributed by atoms with Gasteiger partial charge in [0.05, 0.1) is 19.8 Å². The molecule has 1 heterocycles. The zero-order chi connectivity index (χ0) is 18.1. The summed E-state index contributed by atoms with van der Waals surface area (Å²) in [6.07, 6.45) is 5.37. The van der Waals surface area contributed by atoms with Crippen LogP contribution < -0.4 is 5.32 Å². The Morgan fingerprint density at radius 2 is 2.00 bits per heavy atom. The normalized spacial score (nSPS) is 14.6. The summed E-state index contributed by atoms with van der Waals surface area (Å²) in [7, 11) is 3.17. The molecule has 0 atom stereocenters. The monoisotopic (exact) mass is 353 g/mol. The second-order valence-corrected chi connectivity index (χ2v) is 6.11. The van der Waals surface area contributed by atoms with E-state index < -0.39 is 0 Å². The molecule has 0 spiro atoms. The fraction of sp³-hybridized carbons (Fsp3) is 0.706. The largest absolute Gasteiger partial charge is 0.446 e. The lowest BCUT2D eigenvalue weighted by molar-refractivity contribution is -0.137. The van der Waals surface area contributed by atoms with Gasteiger partial charge in [0.25, 0.3) is 5.91 Å². The van der Waals surface area contributed by atoms with Gasteiger partial charge in [-0.1, -0.05) is 12.8 Å². The van der Waals surface area contributed by atoms with E-state index in [1.54, 1.807) is 19.1 Å². The summed E-state index contributed by atoms with van der Waals surface area (Å²) >= 11 is 0. The molecule has 8 heteroatoms. The Morgan fingerprint density at radius 3 is 2.68 bits per heavy atom. The number of nitrogens with zero attached hydrogens (tertiary/aromatic N) is 2. The molecule has 2 amide bonds. The Bertz CT molecular complexity index is 554. The zero-order valence-corrected chi connectivity index (χ0v) is 15.0. The van der Waals surface area contributed by atoms with Crippen molar-refractivity contribution in [2.75, 3.05) is 40.5 Å². The van der Waals surface area contributed by atoms with Gasteiger partial charge in [0, 0.05) is 33.2 Å². The molecule has 1 fully saturated rings. The van der Waals surface area contributed by atoms with Crippen LogP contribution in [-0.4, -0.2) is 62.2 Å². The molecule has 0 aliphatic heterocycles. The van der Waals surface area contributed by atoms with Gasteiger partial charge in [-0.15, -0.1) is 0 Å². The van der Waals surface area contributed by atoms with Gasteiger partial charge in [0.15, 0.2) is 5.69 Å². The fourth-order valence-electron chi connectivity index (χ4n) is 2.91. The number of hydrogen-bond donors (Lipinski definition) is 1. The number of ether oxygens (including phenoxy) is 2. The third-order valence-electron chi connectivity index (χ3n) is 4.28. The molecular formula is C17H27N3O5. The van der Waals surface area contributed by atoms with Crippen molar-refractivity contribution >= 4 is 11.8 Å². The minimum absolute atomic E-state index is 0.0728. The molecule has 140 valence electrons. The van der Waals surface area contributed by atoms with E-state index in [1.807, 2.05) is 0 Å². The van der Waals surface area contributed by atoms with Crippen molar-refractivity contribution in [1.82, 2.24) is 15.2 Å². The van der Waals surface area contributed by atoms with Crippen LogP contribution in [0.4, 0.5) is 0 Å². The van der Waals surface area contributed by atoms with Gasteiger partial charge in [0.2, 0.25) is 11.8 Å². The Balaban J connectivity index is 1.95. The molecule has 0 bridgehead atoms. The molecule has 1 aliphatic rings. The maximum absolute atomic E-state index is 12.7. The third-order valence-corrected chi connectivity index (χ3v) is 4.28. The highest BCUT2D eigenvalue weighted by molar-refractivity contribution is 5.91. The summed E-state index contributed by atoms with van der Waals surface area (Å²) < 4.78 is 15.4. The van der Waals surface area contributed by atoms with Crippen molar-refractivity contribution in [1.29, 1.82) is 0 Å². The third kappa shape index (κ3) is 5.82. The first-order chi connectivity index (χ1) is 12.2. The minimum Gasteiger partial charge on any atom is -0.446 e. The number of carbonyl (C=O) groups is 2. The summed E-state index contributed by atoms with van der Waals surface area (Å²) in [4.78, 5) is 30.5. The Kier molecular flexibility index (Phi) is 7.87. The molecule has 0 aromatic carbocycles. The molecule has 1 aliphatic carbocycles. The summed E-state index contributed by atoms with van der Waals surface area (Å²) in [5.41, 5.74) is 0.200. The molecule has 1 aromatic heterocycles. The van der Waals surface area contributed by atoms with E-state index in [0.717, 1.165) is 25.7 Å². The predicted molar refractivity (Wildman–Crippen MR) is 90.0 cm³/mol. The maximum atomic E-state index is 12.7. The smallest absolute Gasteiger partial charge is 0.273 e. The molecule has 0 saturated heterocycles. The molecule has 2 rings (SSSR count). The van der Waals surface area contributed by atoms with Crippen LogP contribution in [0.5, 0.6) is 0 Å². The second kappa shape index (κ2) is 10.1. The number of carbonyl (C=O) groups excluding carboxylic acids is 2. The summed E-state index contributed by atoms with van der Waals surface area (Å²) in [5, 5.41) is 2.68. The molecule has 1 N–H and O–H groups in total. The average molecular weight is 353 g/mol. The van der Waals surface area contributed by atoms with Crippen LogP contribution in [0, 0.1) is 5.92 Å². The number of oxazole rings is 1. The van der Waals surface area contributed by atoms with E-state index in [2.05, 4.69) is 10.3 Å². The summed E-state index contributed by atoms with van der Waals surface area (Å²) in [5.74, 6) is 0.208. The Labute approximate surface area is 147 Å². The average Bonchev–Trinajstić information content (AvgIpc) is 3.30. The number of aromatic nitrogens is 1. The van der Waals surface area contributed by atoms with E-state index in [4.69, 9.17) is 13.9 Å². The SMILES string of the molecule is COCCNC(=O)c1coc(CN(CCOC)C(=O)C2CCCC2)n1. The van der Waals surface area contributed by atoms with Crippen molar-refractivity contribution in [2.45, 2.75) is 32.2 Å². The van der Waals surface area contributed by atoms with Crippen molar-refractivity contribution in [3.05, 3.63) is 17.8 Å². The van der Waals surface area contributed by atoms with E-state index in [0.29, 0.717) is 32.2 Å². The number of nitrogens with one attached hydrogen (secondary N) is 1. The minimum atomic E-state index is -0.322. The first kappa shape index (κ1) is 19.4. The molecule has 0 unspecified atom stereocenters. The van der Waals surface area contributed by atoms with Crippen LogP contribution in [0.25, 0.3) is 0 Å². The molecule has 0 radical (unpaired) electrons. The van der Waals surface area contributed by atoms with Crippen molar-refractivity contribution in [2.24, 2.45) is 5.92 Å². The highest BCUT2D eigenvalue weighted by atomic mass is 16.5. The summed E-state index contributed by atoms with van der Waals surface area (Å²) in [6, 6.07) is 0. The second-order valence-electron chi connectivity index (χ2n) is 6.11. The van der Waals surface area contributed by atoms with E-state index in [9.17, 15) is 9.59 Å². The topological polar surface area (TPSA) is 93.9 Å². The van der Waals surface area contributed by atoms with Crippen LogP contribution in [0.1, 0.15) is 42.1 Å². The van der Waals surface area contributed by atoms with Crippen LogP contribution >= 0.6 is 0 Å². The number of rotatable bonds is 10. The predicted octanol–water partition coefficient (Wildman–Crippen LogP) is 1.22. The van der Waals surface area contributed by atoms with Gasteiger partial charge < -0.3 is 24.1 Å². The molecule has 1 saturated carbocycles. The number of hydrogen-bond acceptors (Lipinski definition) is 6. The van der Waals surface area contributed by atoms with E-state index in [-0.39, 0.29) is 30.0 Å². The van der Waals surface area contributed by atoms with E-state index in [1.165, 1.54) is 6.26 Å². The van der Waals surface area contributed by atoms with Gasteiger partial charge in [-0.3, -0.25) is 9.59 Å². The maximum Gasteiger partial charge on any atom is 0.273 e. The lowest BCUT2D eigenvalue weighted by atomic mass is 10.1. The first-order valence-corrected chi connectivity index (χ1v) is 8.65. The van der Waals surface area contributed by atoms with Gasteiger partial charge in [-0.25, -0.2) is 4.98 Å². The molecule has 1 aromatic rings. The van der Waals surface area contributed by atoms with Gasteiger partial charge in [0.1, 0.15) is 6.26 Å². The van der Waals surface area contributed by atoms with Crippen molar-refractivity contribution in [3.63, 3.8) is 0 Å². The lowest BCUT2D eigenvalue weighted by Gasteiger charge is -2.24. The number of methoxy groups -OCH3 is 2. The Hall–Kier alpha value is -1.93. The standard InChI is InChI=1S/C17H27N3O5/c1-23-9-7-18-16(21)14-12-25-15(19-14)11-20(8-10-24-2)17(22)13-5-3-4-6-13/h12-13H,3-11H2,1-2H3,(H,18,21). The lowest BCUT2D eigenvalue weighted by Crippen LogP contribution is -2.37. The fourth-order valence-corrected chi connectivity index (χ4v) is 2.91. The highest BCUT2D eigenvalue weighted by Crippen LogP contribution is 2.27. The van der Waals surface area contributed by atoms with Crippen LogP contribution in [0.15, 0.2) is 10.7 Å². The number of amides is 2. The van der Waals surface area contributed by atoms with Gasteiger partial charge >= 0.3 is 0 Å². The first-order valence-electron chi connectivity index (χ1n) is 8.65. The van der Waals surface area contributed by atoms with Gasteiger partial charge in [-0.05, 0) is 12.8 Å². The van der Waals surface area contributed by atoms with Crippen molar-refractivity contribution in [3.8, 4) is 0 Å². The quantitative estimate of drug-likeness (QED) is 0.636. The Morgan fingerprint density at radius 1 is 1.28 bits per heavy atom. The highest BCUT2D eigenvalue weighted by Gasteiger charge is 2.28. The zero-order valence-electron chi connectivity index (χ0n) is 15.0. The van der Waals surface area contributed by atoms with Crippen LogP contribution in [0.3, 0.4) is 0 Å².